The largest absolute Gasteiger partial charge is 0.462 e. The molecule has 1 N–H and O–H groups in total. The zero-order valence-electron chi connectivity index (χ0n) is 15.0. The third-order valence-corrected chi connectivity index (χ3v) is 6.76. The van der Waals surface area contributed by atoms with Crippen LogP contribution in [0.2, 0.25) is 0 Å². The number of aromatic nitrogens is 1. The van der Waals surface area contributed by atoms with Gasteiger partial charge in [0.25, 0.3) is 0 Å². The van der Waals surface area contributed by atoms with Crippen LogP contribution in [-0.2, 0) is 16.1 Å². The summed E-state index contributed by atoms with van der Waals surface area (Å²) >= 11 is 0. The average Bonchev–Trinajstić information content (AvgIpc) is 2.88. The minimum Gasteiger partial charge on any atom is -0.462 e. The van der Waals surface area contributed by atoms with E-state index in [1.807, 2.05) is 12.1 Å². The molecule has 0 spiro atoms. The minimum absolute atomic E-state index is 0.00918. The summed E-state index contributed by atoms with van der Waals surface area (Å²) in [4.78, 5) is 16.5. The smallest absolute Gasteiger partial charge is 0.310 e. The maximum atomic E-state index is 12.5. The third-order valence-electron chi connectivity index (χ3n) is 6.76. The number of allylic oxidation sites excluding steroid dienone is 1. The zero-order chi connectivity index (χ0) is 17.4. The summed E-state index contributed by atoms with van der Waals surface area (Å²) in [7, 11) is 0. The van der Waals surface area contributed by atoms with Crippen LogP contribution in [-0.4, -0.2) is 23.6 Å². The second-order valence-corrected chi connectivity index (χ2v) is 8.39. The number of hydrogen-bond donors (Lipinski definition) is 1. The van der Waals surface area contributed by atoms with Gasteiger partial charge in [0.05, 0.1) is 5.92 Å². The Morgan fingerprint density at radius 1 is 1.40 bits per heavy atom. The Bertz CT molecular complexity index is 659. The van der Waals surface area contributed by atoms with Gasteiger partial charge in [-0.3, -0.25) is 9.78 Å². The van der Waals surface area contributed by atoms with E-state index in [0.29, 0.717) is 18.4 Å². The predicted molar refractivity (Wildman–Crippen MR) is 96.6 cm³/mol. The van der Waals surface area contributed by atoms with Crippen LogP contribution in [0.4, 0.5) is 0 Å². The van der Waals surface area contributed by atoms with Crippen molar-refractivity contribution in [2.24, 2.45) is 23.2 Å². The molecule has 1 aliphatic heterocycles. The lowest BCUT2D eigenvalue weighted by atomic mass is 9.55. The summed E-state index contributed by atoms with van der Waals surface area (Å²) in [5, 5.41) is 3.45. The fourth-order valence-corrected chi connectivity index (χ4v) is 5.36. The summed E-state index contributed by atoms with van der Waals surface area (Å²) in [6, 6.07) is 4.00. The molecule has 0 bridgehead atoms. The van der Waals surface area contributed by atoms with E-state index >= 15 is 0 Å². The SMILES string of the molecule is C=C1CCC[C@]2(C)C[C@H]3OC(=O)C(CNCc4ccncc4)[C@H]3C[C@@H]12. The van der Waals surface area contributed by atoms with E-state index in [4.69, 9.17) is 4.74 Å². The van der Waals surface area contributed by atoms with Gasteiger partial charge in [0, 0.05) is 31.4 Å². The second kappa shape index (κ2) is 6.56. The monoisotopic (exact) mass is 340 g/mol. The molecule has 4 nitrogen and oxygen atoms in total. The summed E-state index contributed by atoms with van der Waals surface area (Å²) in [5.74, 6) is 0.862. The summed E-state index contributed by atoms with van der Waals surface area (Å²) in [6.45, 7) is 8.19. The van der Waals surface area contributed by atoms with Crippen molar-refractivity contribution in [2.75, 3.05) is 6.54 Å². The van der Waals surface area contributed by atoms with Crippen molar-refractivity contribution < 1.29 is 9.53 Å². The number of nitrogens with zero attached hydrogens (tertiary/aromatic N) is 1. The van der Waals surface area contributed by atoms with Crippen molar-refractivity contribution in [1.29, 1.82) is 0 Å². The highest BCUT2D eigenvalue weighted by Crippen LogP contribution is 2.56. The fraction of sp³-hybridized carbons (Fsp3) is 0.619. The topological polar surface area (TPSA) is 51.2 Å². The number of nitrogens with one attached hydrogen (secondary N) is 1. The van der Waals surface area contributed by atoms with Crippen LogP contribution in [0.15, 0.2) is 36.7 Å². The molecule has 0 radical (unpaired) electrons. The lowest BCUT2D eigenvalue weighted by molar-refractivity contribution is -0.146. The highest BCUT2D eigenvalue weighted by molar-refractivity contribution is 5.75. The van der Waals surface area contributed by atoms with Gasteiger partial charge in [0.1, 0.15) is 6.10 Å². The third kappa shape index (κ3) is 3.12. The molecule has 134 valence electrons. The van der Waals surface area contributed by atoms with Crippen LogP contribution in [0.5, 0.6) is 0 Å². The molecule has 1 aromatic rings. The molecule has 5 atom stereocenters. The minimum atomic E-state index is -0.0221. The first kappa shape index (κ1) is 16.8. The van der Waals surface area contributed by atoms with Crippen molar-refractivity contribution in [3.63, 3.8) is 0 Å². The number of ether oxygens (including phenoxy) is 1. The number of carbonyl (C=O) groups excluding carboxylic acids is 1. The van der Waals surface area contributed by atoms with Crippen molar-refractivity contribution >= 4 is 5.97 Å². The van der Waals surface area contributed by atoms with Crippen LogP contribution in [0.25, 0.3) is 0 Å². The Hall–Kier alpha value is -1.68. The normalized spacial score (nSPS) is 37.3. The van der Waals surface area contributed by atoms with E-state index in [0.717, 1.165) is 25.8 Å². The number of fused-ring (bicyclic) bond motifs is 2. The first-order valence-corrected chi connectivity index (χ1v) is 9.54. The molecular weight excluding hydrogens is 312 g/mol. The highest BCUT2D eigenvalue weighted by atomic mass is 16.6. The molecule has 1 aromatic heterocycles. The number of hydrogen-bond acceptors (Lipinski definition) is 4. The van der Waals surface area contributed by atoms with Crippen LogP contribution in [0.1, 0.15) is 44.6 Å². The van der Waals surface area contributed by atoms with Gasteiger partial charge in [-0.1, -0.05) is 19.1 Å². The Labute approximate surface area is 150 Å². The maximum absolute atomic E-state index is 12.5. The summed E-state index contributed by atoms with van der Waals surface area (Å²) in [5.41, 5.74) is 2.86. The number of rotatable bonds is 4. The van der Waals surface area contributed by atoms with Gasteiger partial charge in [0.2, 0.25) is 0 Å². The van der Waals surface area contributed by atoms with Gasteiger partial charge >= 0.3 is 5.97 Å². The first-order chi connectivity index (χ1) is 12.1. The van der Waals surface area contributed by atoms with E-state index in [2.05, 4.69) is 23.8 Å². The van der Waals surface area contributed by atoms with Crippen molar-refractivity contribution in [1.82, 2.24) is 10.3 Å². The summed E-state index contributed by atoms with van der Waals surface area (Å²) < 4.78 is 5.81. The van der Waals surface area contributed by atoms with Crippen LogP contribution >= 0.6 is 0 Å². The van der Waals surface area contributed by atoms with Crippen molar-refractivity contribution in [2.45, 2.75) is 51.7 Å². The van der Waals surface area contributed by atoms with Gasteiger partial charge in [0.15, 0.2) is 0 Å². The average molecular weight is 340 g/mol. The van der Waals surface area contributed by atoms with Crippen molar-refractivity contribution in [3.8, 4) is 0 Å². The molecule has 2 saturated carbocycles. The van der Waals surface area contributed by atoms with Crippen molar-refractivity contribution in [3.05, 3.63) is 42.2 Å². The molecule has 4 rings (SSSR count). The highest BCUT2D eigenvalue weighted by Gasteiger charge is 2.54. The molecule has 1 unspecified atom stereocenters. The van der Waals surface area contributed by atoms with Gasteiger partial charge in [-0.2, -0.15) is 0 Å². The molecule has 2 heterocycles. The molecule has 4 heteroatoms. The number of pyridine rings is 1. The molecule has 1 saturated heterocycles. The number of esters is 1. The first-order valence-electron chi connectivity index (χ1n) is 9.54. The molecule has 0 amide bonds. The lowest BCUT2D eigenvalue weighted by Crippen LogP contribution is -2.45. The zero-order valence-corrected chi connectivity index (χ0v) is 15.0. The van der Waals surface area contributed by atoms with E-state index in [1.54, 1.807) is 12.4 Å². The Kier molecular flexibility index (Phi) is 4.40. The Morgan fingerprint density at radius 2 is 2.20 bits per heavy atom. The summed E-state index contributed by atoms with van der Waals surface area (Å²) in [6.07, 6.45) is 9.39. The van der Waals surface area contributed by atoms with Crippen LogP contribution in [0.3, 0.4) is 0 Å². The van der Waals surface area contributed by atoms with Gasteiger partial charge in [-0.15, -0.1) is 0 Å². The molecular formula is C21H28N2O2. The van der Waals surface area contributed by atoms with Crippen LogP contribution in [0, 0.1) is 23.2 Å². The molecule has 3 fully saturated rings. The quantitative estimate of drug-likeness (QED) is 0.673. The van der Waals surface area contributed by atoms with E-state index in [9.17, 15) is 4.79 Å². The molecule has 2 aliphatic carbocycles. The van der Waals surface area contributed by atoms with Crippen LogP contribution < -0.4 is 5.32 Å². The maximum Gasteiger partial charge on any atom is 0.310 e. The fourth-order valence-electron chi connectivity index (χ4n) is 5.36. The second-order valence-electron chi connectivity index (χ2n) is 8.39. The van der Waals surface area contributed by atoms with Gasteiger partial charge in [-0.05, 0) is 61.1 Å². The molecule has 25 heavy (non-hydrogen) atoms. The van der Waals surface area contributed by atoms with Gasteiger partial charge < -0.3 is 10.1 Å². The standard InChI is InChI=1S/C21H28N2O2/c1-14-4-3-7-21(2)11-19-16(10-18(14)21)17(20(24)25-19)13-23-12-15-5-8-22-9-6-15/h5-6,8-9,16-19,23H,1,3-4,7,10-13H2,2H3/t16-,17?,18+,19-,21-/m1/s1. The molecule has 3 aliphatic rings. The van der Waals surface area contributed by atoms with Gasteiger partial charge in [-0.25, -0.2) is 0 Å². The number of carbonyl (C=O) groups is 1. The predicted octanol–water partition coefficient (Wildman–Crippen LogP) is 3.49. The Balaban J connectivity index is 1.42. The van der Waals surface area contributed by atoms with E-state index in [1.165, 1.54) is 24.0 Å². The lowest BCUT2D eigenvalue weighted by Gasteiger charge is -2.50. The molecule has 0 aromatic carbocycles. The Morgan fingerprint density at radius 3 is 3.00 bits per heavy atom. The van der Waals surface area contributed by atoms with E-state index in [-0.39, 0.29) is 23.4 Å². The van der Waals surface area contributed by atoms with E-state index < -0.39 is 0 Å².